The molecule has 0 heterocycles. The molecule has 0 aliphatic carbocycles. The Morgan fingerprint density at radius 3 is 2.50 bits per heavy atom. The fourth-order valence-corrected chi connectivity index (χ4v) is 2.14. The molecule has 2 aromatic rings. The molecule has 2 aromatic carbocycles. The zero-order valence-corrected chi connectivity index (χ0v) is 11.9. The summed E-state index contributed by atoms with van der Waals surface area (Å²) in [5.41, 5.74) is 8.67. The number of nitrogens with two attached hydrogens (primary N) is 1. The van der Waals surface area contributed by atoms with E-state index >= 15 is 0 Å². The first-order valence-electron chi connectivity index (χ1n) is 6.32. The topological polar surface area (TPSA) is 55.6 Å². The van der Waals surface area contributed by atoms with E-state index in [9.17, 15) is 4.79 Å². The minimum absolute atomic E-state index is 0.157. The number of para-hydroxylation sites is 2. The summed E-state index contributed by atoms with van der Waals surface area (Å²) in [6.07, 6.45) is 0. The number of hydrogen-bond donors (Lipinski definition) is 1. The van der Waals surface area contributed by atoms with Crippen LogP contribution in [0.15, 0.2) is 42.5 Å². The van der Waals surface area contributed by atoms with E-state index in [1.165, 1.54) is 7.11 Å². The molecule has 0 atom stereocenters. The number of carbonyl (C=O) groups is 1. The highest BCUT2D eigenvalue weighted by atomic mass is 16.5. The summed E-state index contributed by atoms with van der Waals surface area (Å²) in [5, 5.41) is 0. The number of aryl methyl sites for hydroxylation is 1. The number of hydrogen-bond acceptors (Lipinski definition) is 3. The maximum Gasteiger partial charge on any atom is 0.260 e. The highest BCUT2D eigenvalue weighted by Crippen LogP contribution is 2.27. The molecular formula is C16H18N2O2. The quantitative estimate of drug-likeness (QED) is 0.872. The maximum atomic E-state index is 12.6. The van der Waals surface area contributed by atoms with E-state index in [2.05, 4.69) is 0 Å². The van der Waals surface area contributed by atoms with Gasteiger partial charge in [0.2, 0.25) is 0 Å². The first-order valence-corrected chi connectivity index (χ1v) is 6.32. The van der Waals surface area contributed by atoms with Crippen LogP contribution in [0.1, 0.15) is 15.9 Å². The fraction of sp³-hybridized carbons (Fsp3) is 0.188. The number of nitrogen functional groups attached to an aromatic ring is 1. The molecule has 2 rings (SSSR count). The Labute approximate surface area is 118 Å². The standard InChI is InChI=1S/C16H18N2O2/c1-11-7-4-5-9-13(11)18(2)16(19)12-8-6-10-14(20-3)15(12)17/h4-10H,17H2,1-3H3. The molecule has 0 radical (unpaired) electrons. The van der Waals surface area contributed by atoms with Gasteiger partial charge in [0.05, 0.1) is 18.4 Å². The van der Waals surface area contributed by atoms with Crippen molar-refractivity contribution >= 4 is 17.3 Å². The van der Waals surface area contributed by atoms with Gasteiger partial charge in [0.25, 0.3) is 5.91 Å². The van der Waals surface area contributed by atoms with Crippen LogP contribution in [0.25, 0.3) is 0 Å². The molecule has 104 valence electrons. The third-order valence-corrected chi connectivity index (χ3v) is 3.30. The Morgan fingerprint density at radius 1 is 1.15 bits per heavy atom. The number of benzene rings is 2. The molecular weight excluding hydrogens is 252 g/mol. The zero-order chi connectivity index (χ0) is 14.7. The van der Waals surface area contributed by atoms with Crippen molar-refractivity contribution in [3.05, 3.63) is 53.6 Å². The summed E-state index contributed by atoms with van der Waals surface area (Å²) < 4.78 is 5.15. The Hall–Kier alpha value is -2.49. The van der Waals surface area contributed by atoms with Crippen LogP contribution in [-0.4, -0.2) is 20.1 Å². The van der Waals surface area contributed by atoms with Gasteiger partial charge < -0.3 is 15.4 Å². The normalized spacial score (nSPS) is 10.2. The molecule has 0 bridgehead atoms. The zero-order valence-electron chi connectivity index (χ0n) is 11.9. The van der Waals surface area contributed by atoms with Crippen molar-refractivity contribution in [1.82, 2.24) is 0 Å². The third-order valence-electron chi connectivity index (χ3n) is 3.30. The lowest BCUT2D eigenvalue weighted by Gasteiger charge is -2.20. The average molecular weight is 270 g/mol. The third kappa shape index (κ3) is 2.45. The molecule has 2 N–H and O–H groups in total. The summed E-state index contributed by atoms with van der Waals surface area (Å²) in [4.78, 5) is 14.2. The van der Waals surface area contributed by atoms with Crippen molar-refractivity contribution in [2.24, 2.45) is 0 Å². The van der Waals surface area contributed by atoms with Gasteiger partial charge in [-0.05, 0) is 30.7 Å². The van der Waals surface area contributed by atoms with Gasteiger partial charge in [-0.1, -0.05) is 24.3 Å². The SMILES string of the molecule is COc1cccc(C(=O)N(C)c2ccccc2C)c1N. The van der Waals surface area contributed by atoms with Crippen molar-refractivity contribution in [2.75, 3.05) is 24.8 Å². The van der Waals surface area contributed by atoms with E-state index in [1.807, 2.05) is 31.2 Å². The van der Waals surface area contributed by atoms with Crippen molar-refractivity contribution in [2.45, 2.75) is 6.92 Å². The summed E-state index contributed by atoms with van der Waals surface area (Å²) in [7, 11) is 3.27. The van der Waals surface area contributed by atoms with Crippen LogP contribution in [0.2, 0.25) is 0 Å². The number of methoxy groups -OCH3 is 1. The van der Waals surface area contributed by atoms with Gasteiger partial charge in [-0.3, -0.25) is 4.79 Å². The lowest BCUT2D eigenvalue weighted by molar-refractivity contribution is 0.0993. The van der Waals surface area contributed by atoms with Crippen LogP contribution in [0.4, 0.5) is 11.4 Å². The predicted octanol–water partition coefficient (Wildman–Crippen LogP) is 2.86. The van der Waals surface area contributed by atoms with E-state index in [1.54, 1.807) is 30.1 Å². The van der Waals surface area contributed by atoms with E-state index in [4.69, 9.17) is 10.5 Å². The van der Waals surface area contributed by atoms with Gasteiger partial charge in [0.15, 0.2) is 0 Å². The summed E-state index contributed by atoms with van der Waals surface area (Å²) in [6.45, 7) is 1.97. The van der Waals surface area contributed by atoms with Crippen molar-refractivity contribution in [1.29, 1.82) is 0 Å². The van der Waals surface area contributed by atoms with Gasteiger partial charge in [0.1, 0.15) is 5.75 Å². The monoisotopic (exact) mass is 270 g/mol. The molecule has 0 aliphatic rings. The predicted molar refractivity (Wildman–Crippen MR) is 81.3 cm³/mol. The van der Waals surface area contributed by atoms with Crippen molar-refractivity contribution in [3.63, 3.8) is 0 Å². The van der Waals surface area contributed by atoms with Crippen LogP contribution < -0.4 is 15.4 Å². The van der Waals surface area contributed by atoms with E-state index in [-0.39, 0.29) is 5.91 Å². The lowest BCUT2D eigenvalue weighted by Crippen LogP contribution is -2.27. The van der Waals surface area contributed by atoms with Gasteiger partial charge in [0, 0.05) is 12.7 Å². The van der Waals surface area contributed by atoms with Crippen molar-refractivity contribution < 1.29 is 9.53 Å². The molecule has 4 nitrogen and oxygen atoms in total. The van der Waals surface area contributed by atoms with Crippen LogP contribution in [-0.2, 0) is 0 Å². The van der Waals surface area contributed by atoms with Gasteiger partial charge in [-0.15, -0.1) is 0 Å². The first kappa shape index (κ1) is 13.9. The second kappa shape index (κ2) is 5.65. The van der Waals surface area contributed by atoms with E-state index < -0.39 is 0 Å². The Kier molecular flexibility index (Phi) is 3.94. The number of amides is 1. The highest BCUT2D eigenvalue weighted by Gasteiger charge is 2.19. The summed E-state index contributed by atoms with van der Waals surface area (Å²) >= 11 is 0. The van der Waals surface area contributed by atoms with Crippen LogP contribution in [0.3, 0.4) is 0 Å². The Bertz CT molecular complexity index is 638. The largest absolute Gasteiger partial charge is 0.495 e. The molecule has 0 fully saturated rings. The second-order valence-corrected chi connectivity index (χ2v) is 4.57. The minimum Gasteiger partial charge on any atom is -0.495 e. The molecule has 0 spiro atoms. The molecule has 0 aliphatic heterocycles. The Morgan fingerprint density at radius 2 is 1.85 bits per heavy atom. The number of ether oxygens (including phenoxy) is 1. The molecule has 4 heteroatoms. The van der Waals surface area contributed by atoms with Crippen LogP contribution in [0.5, 0.6) is 5.75 Å². The molecule has 20 heavy (non-hydrogen) atoms. The van der Waals surface area contributed by atoms with Gasteiger partial charge in [-0.25, -0.2) is 0 Å². The van der Waals surface area contributed by atoms with Crippen LogP contribution in [0, 0.1) is 6.92 Å². The van der Waals surface area contributed by atoms with Crippen molar-refractivity contribution in [3.8, 4) is 5.75 Å². The van der Waals surface area contributed by atoms with Gasteiger partial charge in [-0.2, -0.15) is 0 Å². The second-order valence-electron chi connectivity index (χ2n) is 4.57. The van der Waals surface area contributed by atoms with E-state index in [0.717, 1.165) is 11.3 Å². The number of carbonyl (C=O) groups excluding carboxylic acids is 1. The molecule has 0 unspecified atom stereocenters. The summed E-state index contributed by atoms with van der Waals surface area (Å²) in [5.74, 6) is 0.352. The number of nitrogens with zero attached hydrogens (tertiary/aromatic N) is 1. The fourth-order valence-electron chi connectivity index (χ4n) is 2.14. The highest BCUT2D eigenvalue weighted by molar-refractivity contribution is 6.10. The molecule has 0 saturated carbocycles. The minimum atomic E-state index is -0.157. The molecule has 0 saturated heterocycles. The number of anilines is 2. The molecule has 0 aromatic heterocycles. The number of rotatable bonds is 3. The average Bonchev–Trinajstić information content (AvgIpc) is 2.46. The van der Waals surface area contributed by atoms with E-state index in [0.29, 0.717) is 17.0 Å². The molecule has 1 amide bonds. The first-order chi connectivity index (χ1) is 9.56. The maximum absolute atomic E-state index is 12.6. The van der Waals surface area contributed by atoms with Gasteiger partial charge >= 0.3 is 0 Å². The lowest BCUT2D eigenvalue weighted by atomic mass is 10.1. The smallest absolute Gasteiger partial charge is 0.260 e. The summed E-state index contributed by atoms with van der Waals surface area (Å²) in [6, 6.07) is 12.9. The van der Waals surface area contributed by atoms with Crippen LogP contribution >= 0.6 is 0 Å². The Balaban J connectivity index is 2.39.